The predicted octanol–water partition coefficient (Wildman–Crippen LogP) is 2.76. The van der Waals surface area contributed by atoms with Gasteiger partial charge in [-0.05, 0) is 36.4 Å². The molecule has 5 nitrogen and oxygen atoms in total. The maximum Gasteiger partial charge on any atom is 0.262 e. The summed E-state index contributed by atoms with van der Waals surface area (Å²) in [4.78, 5) is 0.0631. The minimum atomic E-state index is -3.83. The van der Waals surface area contributed by atoms with Crippen LogP contribution >= 0.6 is 15.9 Å². The van der Waals surface area contributed by atoms with Crippen LogP contribution < -0.4 is 9.46 Å². The molecule has 0 heterocycles. The van der Waals surface area contributed by atoms with Gasteiger partial charge in [0.1, 0.15) is 18.2 Å². The summed E-state index contributed by atoms with van der Waals surface area (Å²) in [5.41, 5.74) is 0.0952. The van der Waals surface area contributed by atoms with Crippen LogP contribution in [-0.2, 0) is 10.0 Å². The zero-order valence-corrected chi connectivity index (χ0v) is 13.7. The van der Waals surface area contributed by atoms with Gasteiger partial charge in [0.2, 0.25) is 0 Å². The zero-order chi connectivity index (χ0) is 16.2. The number of benzene rings is 2. The van der Waals surface area contributed by atoms with Gasteiger partial charge in [-0.25, -0.2) is 12.8 Å². The van der Waals surface area contributed by atoms with Crippen molar-refractivity contribution in [1.29, 1.82) is 0 Å². The van der Waals surface area contributed by atoms with Crippen molar-refractivity contribution in [3.05, 3.63) is 52.8 Å². The maximum absolute atomic E-state index is 13.2. The Balaban J connectivity index is 2.30. The van der Waals surface area contributed by atoms with Crippen LogP contribution in [0.15, 0.2) is 51.8 Å². The first-order valence-electron chi connectivity index (χ1n) is 6.24. The Labute approximate surface area is 135 Å². The summed E-state index contributed by atoms with van der Waals surface area (Å²) in [7, 11) is -3.83. The van der Waals surface area contributed by atoms with Gasteiger partial charge < -0.3 is 9.84 Å². The summed E-state index contributed by atoms with van der Waals surface area (Å²) in [6, 6.07) is 9.50. The average molecular weight is 390 g/mol. The number of nitrogens with one attached hydrogen (secondary N) is 1. The molecule has 0 aromatic heterocycles. The Morgan fingerprint density at radius 2 is 1.86 bits per heavy atom. The fraction of sp³-hybridized carbons (Fsp3) is 0.143. The quantitative estimate of drug-likeness (QED) is 0.796. The fourth-order valence-corrected chi connectivity index (χ4v) is 3.01. The molecule has 0 aliphatic rings. The SMILES string of the molecule is O=S(=O)(Nc1ccc(F)cc1OCCO)c1ccc(Br)cc1. The average Bonchev–Trinajstić information content (AvgIpc) is 2.48. The number of ether oxygens (including phenoxy) is 1. The molecule has 2 aromatic rings. The third-order valence-electron chi connectivity index (χ3n) is 2.66. The highest BCUT2D eigenvalue weighted by Crippen LogP contribution is 2.28. The molecule has 0 atom stereocenters. The molecule has 0 unspecified atom stereocenters. The van der Waals surface area contributed by atoms with Gasteiger partial charge in [0, 0.05) is 10.5 Å². The fourth-order valence-electron chi connectivity index (χ4n) is 1.67. The van der Waals surface area contributed by atoms with Gasteiger partial charge in [0.15, 0.2) is 0 Å². The Bertz CT molecular complexity index is 750. The smallest absolute Gasteiger partial charge is 0.262 e. The lowest BCUT2D eigenvalue weighted by atomic mass is 10.3. The van der Waals surface area contributed by atoms with Gasteiger partial charge in [0.25, 0.3) is 10.0 Å². The van der Waals surface area contributed by atoms with Crippen LogP contribution in [0.25, 0.3) is 0 Å². The summed E-state index contributed by atoms with van der Waals surface area (Å²) >= 11 is 3.23. The van der Waals surface area contributed by atoms with Crippen LogP contribution in [0.5, 0.6) is 5.75 Å². The third kappa shape index (κ3) is 4.19. The van der Waals surface area contributed by atoms with E-state index in [1.807, 2.05) is 0 Å². The van der Waals surface area contributed by atoms with Crippen LogP contribution in [0.3, 0.4) is 0 Å². The van der Waals surface area contributed by atoms with Gasteiger partial charge >= 0.3 is 0 Å². The lowest BCUT2D eigenvalue weighted by molar-refractivity contribution is 0.201. The highest BCUT2D eigenvalue weighted by Gasteiger charge is 2.17. The number of sulfonamides is 1. The van der Waals surface area contributed by atoms with Gasteiger partial charge in [-0.2, -0.15) is 0 Å². The van der Waals surface area contributed by atoms with Crippen molar-refractivity contribution >= 4 is 31.6 Å². The first-order valence-corrected chi connectivity index (χ1v) is 8.51. The van der Waals surface area contributed by atoms with Crippen molar-refractivity contribution in [2.45, 2.75) is 4.90 Å². The van der Waals surface area contributed by atoms with Crippen molar-refractivity contribution in [2.24, 2.45) is 0 Å². The molecule has 0 fully saturated rings. The Kier molecular flexibility index (Phi) is 5.38. The van der Waals surface area contributed by atoms with Crippen molar-refractivity contribution in [3.63, 3.8) is 0 Å². The number of anilines is 1. The van der Waals surface area contributed by atoms with Gasteiger partial charge in [-0.1, -0.05) is 15.9 Å². The van der Waals surface area contributed by atoms with Gasteiger partial charge in [-0.3, -0.25) is 4.72 Å². The molecule has 0 saturated carbocycles. The van der Waals surface area contributed by atoms with E-state index in [1.165, 1.54) is 18.2 Å². The van der Waals surface area contributed by atoms with E-state index < -0.39 is 15.8 Å². The summed E-state index contributed by atoms with van der Waals surface area (Å²) < 4.78 is 46.1. The largest absolute Gasteiger partial charge is 0.489 e. The van der Waals surface area contributed by atoms with E-state index in [9.17, 15) is 12.8 Å². The van der Waals surface area contributed by atoms with Crippen LogP contribution in [-0.4, -0.2) is 26.7 Å². The summed E-state index contributed by atoms with van der Waals surface area (Å²) in [5.74, 6) is -0.561. The Hall–Kier alpha value is -1.64. The second kappa shape index (κ2) is 7.08. The molecule has 0 saturated heterocycles. The van der Waals surface area contributed by atoms with Gasteiger partial charge in [-0.15, -0.1) is 0 Å². The molecule has 118 valence electrons. The Morgan fingerprint density at radius 1 is 1.18 bits per heavy atom. The number of hydrogen-bond donors (Lipinski definition) is 2. The van der Waals surface area contributed by atoms with E-state index in [4.69, 9.17) is 9.84 Å². The van der Waals surface area contributed by atoms with E-state index in [1.54, 1.807) is 12.1 Å². The van der Waals surface area contributed by atoms with Crippen molar-refractivity contribution < 1.29 is 22.7 Å². The topological polar surface area (TPSA) is 75.6 Å². The summed E-state index contributed by atoms with van der Waals surface area (Å²) in [6.45, 7) is -0.341. The van der Waals surface area contributed by atoms with E-state index in [2.05, 4.69) is 20.7 Å². The molecule has 0 spiro atoms. The molecule has 0 aliphatic heterocycles. The number of hydrogen-bond acceptors (Lipinski definition) is 4. The molecular weight excluding hydrogens is 377 g/mol. The molecule has 0 amide bonds. The molecule has 2 rings (SSSR count). The van der Waals surface area contributed by atoms with Gasteiger partial charge in [0.05, 0.1) is 17.2 Å². The molecule has 8 heteroatoms. The van der Waals surface area contributed by atoms with Crippen LogP contribution in [0.4, 0.5) is 10.1 Å². The van der Waals surface area contributed by atoms with Crippen molar-refractivity contribution in [1.82, 2.24) is 0 Å². The minimum Gasteiger partial charge on any atom is -0.489 e. The number of aliphatic hydroxyl groups is 1. The molecule has 22 heavy (non-hydrogen) atoms. The highest BCUT2D eigenvalue weighted by molar-refractivity contribution is 9.10. The lowest BCUT2D eigenvalue weighted by Gasteiger charge is -2.13. The summed E-state index contributed by atoms with van der Waals surface area (Å²) in [5, 5.41) is 8.76. The highest BCUT2D eigenvalue weighted by atomic mass is 79.9. The second-order valence-corrected chi connectivity index (χ2v) is 6.87. The van der Waals surface area contributed by atoms with Crippen LogP contribution in [0.1, 0.15) is 0 Å². The first-order chi connectivity index (χ1) is 10.4. The second-order valence-electron chi connectivity index (χ2n) is 4.27. The van der Waals surface area contributed by atoms with Crippen LogP contribution in [0.2, 0.25) is 0 Å². The predicted molar refractivity (Wildman–Crippen MR) is 83.9 cm³/mol. The number of rotatable bonds is 6. The zero-order valence-electron chi connectivity index (χ0n) is 11.3. The Morgan fingerprint density at radius 3 is 2.50 bits per heavy atom. The summed E-state index contributed by atoms with van der Waals surface area (Å²) in [6.07, 6.45) is 0. The van der Waals surface area contributed by atoms with E-state index in [0.29, 0.717) is 0 Å². The number of aliphatic hydroxyl groups excluding tert-OH is 1. The van der Waals surface area contributed by atoms with E-state index >= 15 is 0 Å². The molecular formula is C14H13BrFNO4S. The lowest BCUT2D eigenvalue weighted by Crippen LogP contribution is -2.14. The van der Waals surface area contributed by atoms with Crippen molar-refractivity contribution in [3.8, 4) is 5.75 Å². The minimum absolute atomic E-state index is 0.00902. The third-order valence-corrected chi connectivity index (χ3v) is 4.57. The molecule has 0 aliphatic carbocycles. The maximum atomic E-state index is 13.2. The normalized spacial score (nSPS) is 11.2. The number of halogens is 2. The van der Waals surface area contributed by atoms with E-state index in [-0.39, 0.29) is 29.5 Å². The standard InChI is InChI=1S/C14H13BrFNO4S/c15-10-1-4-12(5-2-10)22(19,20)17-13-6-3-11(16)9-14(13)21-8-7-18/h1-6,9,17-18H,7-8H2. The van der Waals surface area contributed by atoms with E-state index in [0.717, 1.165) is 16.6 Å². The molecule has 2 N–H and O–H groups in total. The first kappa shape index (κ1) is 16.7. The molecule has 2 aromatic carbocycles. The van der Waals surface area contributed by atoms with Crippen molar-refractivity contribution in [2.75, 3.05) is 17.9 Å². The molecule has 0 radical (unpaired) electrons. The molecule has 0 bridgehead atoms. The van der Waals surface area contributed by atoms with Crippen LogP contribution in [0, 0.1) is 5.82 Å². The monoisotopic (exact) mass is 389 g/mol.